The number of nitrogens with one attached hydrogen (secondary N) is 2. The highest BCUT2D eigenvalue weighted by atomic mass is 19.1. The van der Waals surface area contributed by atoms with Crippen molar-refractivity contribution < 1.29 is 19.2 Å². The van der Waals surface area contributed by atoms with Crippen LogP contribution < -0.4 is 16.5 Å². The van der Waals surface area contributed by atoms with Crippen LogP contribution in [0.15, 0.2) is 42.5 Å². The van der Waals surface area contributed by atoms with Crippen molar-refractivity contribution in [2.45, 2.75) is 0 Å². The van der Waals surface area contributed by atoms with Gasteiger partial charge >= 0.3 is 0 Å². The van der Waals surface area contributed by atoms with Gasteiger partial charge in [0, 0.05) is 18.2 Å². The number of carbonyl (C=O) groups is 2. The summed E-state index contributed by atoms with van der Waals surface area (Å²) in [7, 11) is 1.74. The minimum absolute atomic E-state index is 0.308. The fourth-order valence-electron chi connectivity index (χ4n) is 1.54. The number of hydroxylamine groups is 1. The maximum absolute atomic E-state index is 12.4. The van der Waals surface area contributed by atoms with Gasteiger partial charge in [-0.1, -0.05) is 12.1 Å². The van der Waals surface area contributed by atoms with Crippen molar-refractivity contribution in [1.82, 2.24) is 5.48 Å². The van der Waals surface area contributed by atoms with E-state index in [4.69, 9.17) is 10.9 Å². The molecule has 2 rings (SSSR count). The molecule has 7 heteroatoms. The minimum Gasteiger partial charge on any atom is -0.397 e. The number of benzene rings is 2. The van der Waals surface area contributed by atoms with Crippen LogP contribution in [0, 0.1) is 5.82 Å². The Hall–Kier alpha value is -2.93. The van der Waals surface area contributed by atoms with Gasteiger partial charge in [0.05, 0.1) is 11.4 Å². The first-order valence-electron chi connectivity index (χ1n) is 6.24. The molecule has 0 spiro atoms. The Labute approximate surface area is 126 Å². The first-order chi connectivity index (χ1) is 10.5. The van der Waals surface area contributed by atoms with Crippen molar-refractivity contribution in [2.75, 3.05) is 18.1 Å². The summed E-state index contributed by atoms with van der Waals surface area (Å²) in [5.74, 6) is -0.899. The van der Waals surface area contributed by atoms with Crippen LogP contribution in [-0.2, 0) is 0 Å². The second-order valence-electron chi connectivity index (χ2n) is 4.16. The first-order valence-corrected chi connectivity index (χ1v) is 6.24. The second-order valence-corrected chi connectivity index (χ2v) is 4.16. The monoisotopic (exact) mass is 305 g/mol. The van der Waals surface area contributed by atoms with E-state index >= 15 is 0 Å². The molecular weight excluding hydrogens is 289 g/mol. The Balaban J connectivity index is 0.000000224. The summed E-state index contributed by atoms with van der Waals surface area (Å²) in [6, 6.07) is 10.2. The maximum atomic E-state index is 12.4. The average molecular weight is 305 g/mol. The molecule has 22 heavy (non-hydrogen) atoms. The number of rotatable bonds is 3. The van der Waals surface area contributed by atoms with Gasteiger partial charge in [0.2, 0.25) is 0 Å². The van der Waals surface area contributed by atoms with E-state index in [-0.39, 0.29) is 5.82 Å². The fourth-order valence-corrected chi connectivity index (χ4v) is 1.54. The van der Waals surface area contributed by atoms with Crippen LogP contribution in [0.1, 0.15) is 20.7 Å². The molecule has 6 nitrogen and oxygen atoms in total. The Morgan fingerprint density at radius 2 is 1.86 bits per heavy atom. The van der Waals surface area contributed by atoms with Gasteiger partial charge in [-0.05, 0) is 30.3 Å². The zero-order valence-electron chi connectivity index (χ0n) is 11.8. The van der Waals surface area contributed by atoms with E-state index in [0.29, 0.717) is 23.1 Å². The fraction of sp³-hybridized carbons (Fsp3) is 0.0667. The number of carbonyl (C=O) groups excluding carboxylic acids is 2. The summed E-state index contributed by atoms with van der Waals surface area (Å²) in [6.45, 7) is 0. The molecule has 0 saturated heterocycles. The van der Waals surface area contributed by atoms with Crippen LogP contribution in [0.25, 0.3) is 0 Å². The molecular formula is C15H16FN3O3. The van der Waals surface area contributed by atoms with Crippen molar-refractivity contribution in [2.24, 2.45) is 0 Å². The SMILES string of the molecule is CNc1ccc(F)cc1N.O=Cc1ccc(C(=O)NO)cc1. The largest absolute Gasteiger partial charge is 0.397 e. The number of nitrogen functional groups attached to an aromatic ring is 1. The lowest BCUT2D eigenvalue weighted by molar-refractivity contribution is 0.0706. The molecule has 0 bridgehead atoms. The van der Waals surface area contributed by atoms with E-state index in [9.17, 15) is 14.0 Å². The molecule has 0 aliphatic heterocycles. The highest BCUT2D eigenvalue weighted by Gasteiger charge is 2.01. The molecule has 1 amide bonds. The van der Waals surface area contributed by atoms with Crippen molar-refractivity contribution in [3.8, 4) is 0 Å². The van der Waals surface area contributed by atoms with Crippen LogP contribution in [0.3, 0.4) is 0 Å². The van der Waals surface area contributed by atoms with E-state index in [1.165, 1.54) is 41.9 Å². The van der Waals surface area contributed by atoms with Crippen molar-refractivity contribution in [1.29, 1.82) is 0 Å². The standard InChI is InChI=1S/C8H7NO3.C7H9FN2/c10-5-6-1-3-7(4-2-6)8(11)9-12;1-10-7-3-2-5(8)4-6(7)9/h1-5,12H,(H,9,11);2-4,10H,9H2,1H3. The number of anilines is 2. The molecule has 0 aliphatic rings. The number of nitrogens with two attached hydrogens (primary N) is 1. The van der Waals surface area contributed by atoms with Gasteiger partial charge < -0.3 is 11.1 Å². The summed E-state index contributed by atoms with van der Waals surface area (Å²) in [5, 5.41) is 11.1. The molecule has 0 fully saturated rings. The molecule has 0 saturated carbocycles. The van der Waals surface area contributed by atoms with Crippen molar-refractivity contribution >= 4 is 23.6 Å². The van der Waals surface area contributed by atoms with E-state index in [0.717, 1.165) is 5.69 Å². The lowest BCUT2D eigenvalue weighted by atomic mass is 10.1. The summed E-state index contributed by atoms with van der Waals surface area (Å²) in [4.78, 5) is 21.0. The molecule has 116 valence electrons. The van der Waals surface area contributed by atoms with Gasteiger partial charge in [-0.2, -0.15) is 0 Å². The average Bonchev–Trinajstić information content (AvgIpc) is 2.55. The highest BCUT2D eigenvalue weighted by molar-refractivity contribution is 5.93. The normalized spacial score (nSPS) is 9.23. The zero-order valence-corrected chi connectivity index (χ0v) is 11.8. The summed E-state index contributed by atoms with van der Waals surface area (Å²) >= 11 is 0. The third-order valence-electron chi connectivity index (χ3n) is 2.69. The Kier molecular flexibility index (Phi) is 6.52. The number of amides is 1. The van der Waals surface area contributed by atoms with Crippen LogP contribution in [-0.4, -0.2) is 24.4 Å². The summed E-state index contributed by atoms with van der Waals surface area (Å²) in [6.07, 6.45) is 0.681. The maximum Gasteiger partial charge on any atom is 0.274 e. The van der Waals surface area contributed by atoms with E-state index in [2.05, 4.69) is 5.32 Å². The smallest absolute Gasteiger partial charge is 0.274 e. The van der Waals surface area contributed by atoms with Crippen LogP contribution >= 0.6 is 0 Å². The predicted octanol–water partition coefficient (Wildman–Crippen LogP) is 2.07. The van der Waals surface area contributed by atoms with Gasteiger partial charge in [0.15, 0.2) is 0 Å². The highest BCUT2D eigenvalue weighted by Crippen LogP contribution is 2.17. The van der Waals surface area contributed by atoms with Crippen LogP contribution in [0.5, 0.6) is 0 Å². The van der Waals surface area contributed by atoms with Gasteiger partial charge in [-0.3, -0.25) is 14.8 Å². The minimum atomic E-state index is -0.590. The topological polar surface area (TPSA) is 104 Å². The third-order valence-corrected chi connectivity index (χ3v) is 2.69. The van der Waals surface area contributed by atoms with E-state index in [1.807, 2.05) is 0 Å². The molecule has 0 aliphatic carbocycles. The van der Waals surface area contributed by atoms with Crippen molar-refractivity contribution in [3.63, 3.8) is 0 Å². The predicted molar refractivity (Wildman–Crippen MR) is 81.4 cm³/mol. The first kappa shape index (κ1) is 17.1. The Morgan fingerprint density at radius 1 is 1.23 bits per heavy atom. The third kappa shape index (κ3) is 4.88. The Bertz CT molecular complexity index is 645. The number of hydrogen-bond acceptors (Lipinski definition) is 5. The van der Waals surface area contributed by atoms with Crippen molar-refractivity contribution in [3.05, 3.63) is 59.4 Å². The molecule has 0 aromatic heterocycles. The van der Waals surface area contributed by atoms with Gasteiger partial charge in [-0.15, -0.1) is 0 Å². The van der Waals surface area contributed by atoms with Gasteiger partial charge in [0.1, 0.15) is 12.1 Å². The molecule has 5 N–H and O–H groups in total. The van der Waals surface area contributed by atoms with Crippen LogP contribution in [0.2, 0.25) is 0 Å². The summed E-state index contributed by atoms with van der Waals surface area (Å²) < 4.78 is 12.4. The summed E-state index contributed by atoms with van der Waals surface area (Å²) in [5.41, 5.74) is 8.90. The molecule has 0 unspecified atom stereocenters. The molecule has 0 atom stereocenters. The number of hydrogen-bond donors (Lipinski definition) is 4. The van der Waals surface area contributed by atoms with Gasteiger partial charge in [0.25, 0.3) is 5.91 Å². The zero-order chi connectivity index (χ0) is 16.5. The second kappa shape index (κ2) is 8.38. The van der Waals surface area contributed by atoms with Crippen LogP contribution in [0.4, 0.5) is 15.8 Å². The quantitative estimate of drug-likeness (QED) is 0.301. The number of aldehydes is 1. The lowest BCUT2D eigenvalue weighted by Crippen LogP contribution is -2.18. The van der Waals surface area contributed by atoms with E-state index in [1.54, 1.807) is 13.1 Å². The lowest BCUT2D eigenvalue weighted by Gasteiger charge is -2.02. The molecule has 2 aromatic rings. The van der Waals surface area contributed by atoms with E-state index < -0.39 is 5.91 Å². The molecule has 2 aromatic carbocycles. The molecule has 0 radical (unpaired) electrons. The Morgan fingerprint density at radius 3 is 2.32 bits per heavy atom. The molecule has 0 heterocycles. The van der Waals surface area contributed by atoms with Gasteiger partial charge in [-0.25, -0.2) is 9.87 Å². The number of halogens is 1.